The van der Waals surface area contributed by atoms with E-state index in [4.69, 9.17) is 0 Å². The lowest BCUT2D eigenvalue weighted by molar-refractivity contribution is 0.475. The maximum absolute atomic E-state index is 9.70. The number of phenols is 1. The molecule has 0 bridgehead atoms. The summed E-state index contributed by atoms with van der Waals surface area (Å²) in [6, 6.07) is 8.95. The van der Waals surface area contributed by atoms with Crippen LogP contribution in [-0.4, -0.2) is 24.7 Å². The highest BCUT2D eigenvalue weighted by molar-refractivity contribution is 7.16. The van der Waals surface area contributed by atoms with Crippen LogP contribution >= 0.6 is 11.3 Å². The van der Waals surface area contributed by atoms with Crippen molar-refractivity contribution in [1.82, 2.24) is 19.6 Å². The normalized spacial score (nSPS) is 11.0. The van der Waals surface area contributed by atoms with Gasteiger partial charge in [0.05, 0.1) is 11.3 Å². The van der Waals surface area contributed by atoms with Gasteiger partial charge in [0.1, 0.15) is 22.6 Å². The van der Waals surface area contributed by atoms with Crippen molar-refractivity contribution in [2.75, 3.05) is 0 Å². The van der Waals surface area contributed by atoms with E-state index in [1.165, 1.54) is 6.33 Å². The second-order valence-corrected chi connectivity index (χ2v) is 5.42. The van der Waals surface area contributed by atoms with E-state index in [1.54, 1.807) is 29.7 Å². The molecule has 4 rings (SSSR count). The molecule has 0 aliphatic rings. The van der Waals surface area contributed by atoms with E-state index in [2.05, 4.69) is 15.1 Å². The molecule has 21 heavy (non-hydrogen) atoms. The summed E-state index contributed by atoms with van der Waals surface area (Å²) in [5.74, 6) is 0.220. The predicted molar refractivity (Wildman–Crippen MR) is 81.2 cm³/mol. The molecule has 3 aromatic heterocycles. The number of aromatic nitrogens is 4. The molecule has 102 valence electrons. The number of hydrogen-bond donors (Lipinski definition) is 1. The minimum atomic E-state index is 0.220. The molecule has 1 aromatic carbocycles. The molecule has 5 nitrogen and oxygen atoms in total. The molecule has 0 spiro atoms. The van der Waals surface area contributed by atoms with Gasteiger partial charge in [0.15, 0.2) is 0 Å². The zero-order chi connectivity index (χ0) is 14.2. The zero-order valence-corrected chi connectivity index (χ0v) is 11.7. The highest BCUT2D eigenvalue weighted by atomic mass is 32.1. The van der Waals surface area contributed by atoms with Gasteiger partial charge in [0.25, 0.3) is 0 Å². The van der Waals surface area contributed by atoms with Crippen molar-refractivity contribution < 1.29 is 5.11 Å². The fraction of sp³-hybridized carbons (Fsp3) is 0. The van der Waals surface area contributed by atoms with Crippen LogP contribution in [0, 0.1) is 0 Å². The minimum absolute atomic E-state index is 0.220. The van der Waals surface area contributed by atoms with Gasteiger partial charge in [-0.3, -0.25) is 0 Å². The molecule has 0 amide bonds. The third-order valence-electron chi connectivity index (χ3n) is 3.21. The lowest BCUT2D eigenvalue weighted by Crippen LogP contribution is -1.86. The number of nitrogens with zero attached hydrogens (tertiary/aromatic N) is 4. The summed E-state index contributed by atoms with van der Waals surface area (Å²) < 4.78 is 1.83. The molecular formula is C15H10N4OS. The Bertz CT molecular complexity index is 914. The Morgan fingerprint density at radius 1 is 1.19 bits per heavy atom. The number of hydrogen-bond acceptors (Lipinski definition) is 5. The van der Waals surface area contributed by atoms with Crippen LogP contribution in [0.15, 0.2) is 54.4 Å². The fourth-order valence-electron chi connectivity index (χ4n) is 2.31. The number of phenolic OH excluding ortho intramolecular Hbond substituents is 1. The van der Waals surface area contributed by atoms with Crippen LogP contribution in [0.25, 0.3) is 27.3 Å². The largest absolute Gasteiger partial charge is 0.508 e. The quantitative estimate of drug-likeness (QED) is 0.616. The molecule has 4 aromatic rings. The first-order valence-electron chi connectivity index (χ1n) is 6.34. The molecule has 6 heteroatoms. The van der Waals surface area contributed by atoms with Crippen LogP contribution in [0.5, 0.6) is 5.75 Å². The van der Waals surface area contributed by atoms with Crippen molar-refractivity contribution in [3.05, 3.63) is 54.4 Å². The van der Waals surface area contributed by atoms with Gasteiger partial charge in [-0.1, -0.05) is 12.1 Å². The van der Waals surface area contributed by atoms with Crippen LogP contribution < -0.4 is 0 Å². The topological polar surface area (TPSA) is 63.3 Å². The van der Waals surface area contributed by atoms with Crippen molar-refractivity contribution in [3.63, 3.8) is 0 Å². The Balaban J connectivity index is 2.03. The van der Waals surface area contributed by atoms with Gasteiger partial charge in [0.2, 0.25) is 0 Å². The van der Waals surface area contributed by atoms with Crippen molar-refractivity contribution in [2.24, 2.45) is 0 Å². The van der Waals surface area contributed by atoms with E-state index in [9.17, 15) is 5.11 Å². The Hall–Kier alpha value is -2.73. The van der Waals surface area contributed by atoms with E-state index in [0.29, 0.717) is 0 Å². The Labute approximate surface area is 124 Å². The fourth-order valence-corrected chi connectivity index (χ4v) is 3.14. The Morgan fingerprint density at radius 3 is 2.95 bits per heavy atom. The van der Waals surface area contributed by atoms with E-state index in [0.717, 1.165) is 27.3 Å². The molecule has 3 heterocycles. The third-order valence-corrected chi connectivity index (χ3v) is 4.08. The van der Waals surface area contributed by atoms with E-state index >= 15 is 0 Å². The first-order chi connectivity index (χ1) is 10.3. The lowest BCUT2D eigenvalue weighted by Gasteiger charge is -2.02. The third kappa shape index (κ3) is 1.96. The molecule has 0 radical (unpaired) electrons. The molecule has 1 N–H and O–H groups in total. The van der Waals surface area contributed by atoms with Gasteiger partial charge in [-0.15, -0.1) is 11.3 Å². The molecule has 0 saturated heterocycles. The van der Waals surface area contributed by atoms with Crippen LogP contribution in [0.4, 0.5) is 0 Å². The molecule has 0 saturated carbocycles. The number of thiazole rings is 1. The summed E-state index contributed by atoms with van der Waals surface area (Å²) in [6.07, 6.45) is 5.15. The summed E-state index contributed by atoms with van der Waals surface area (Å²) in [4.78, 5) is 9.32. The first-order valence-corrected chi connectivity index (χ1v) is 7.22. The molecule has 0 aliphatic heterocycles. The van der Waals surface area contributed by atoms with Crippen LogP contribution in [-0.2, 0) is 0 Å². The highest BCUT2D eigenvalue weighted by Gasteiger charge is 2.18. The number of rotatable bonds is 2. The smallest absolute Gasteiger partial charge is 0.129 e. The van der Waals surface area contributed by atoms with Crippen LogP contribution in [0.1, 0.15) is 0 Å². The van der Waals surface area contributed by atoms with Gasteiger partial charge in [0, 0.05) is 23.3 Å². The average Bonchev–Trinajstić information content (AvgIpc) is 3.08. The Morgan fingerprint density at radius 2 is 2.14 bits per heavy atom. The van der Waals surface area contributed by atoms with Crippen molar-refractivity contribution in [1.29, 1.82) is 0 Å². The van der Waals surface area contributed by atoms with E-state index < -0.39 is 0 Å². The second-order valence-electron chi connectivity index (χ2n) is 4.52. The van der Waals surface area contributed by atoms with E-state index in [1.807, 2.05) is 34.3 Å². The van der Waals surface area contributed by atoms with Gasteiger partial charge in [-0.2, -0.15) is 5.10 Å². The van der Waals surface area contributed by atoms with Gasteiger partial charge >= 0.3 is 0 Å². The second kappa shape index (κ2) is 4.68. The zero-order valence-electron chi connectivity index (χ0n) is 10.8. The number of fused-ring (bicyclic) bond motifs is 1. The lowest BCUT2D eigenvalue weighted by atomic mass is 10.1. The van der Waals surface area contributed by atoms with Crippen molar-refractivity contribution >= 4 is 16.2 Å². The summed E-state index contributed by atoms with van der Waals surface area (Å²) in [6.45, 7) is 0. The average molecular weight is 294 g/mol. The predicted octanol–water partition coefficient (Wildman–Crippen LogP) is 3.23. The van der Waals surface area contributed by atoms with Gasteiger partial charge in [-0.05, 0) is 18.2 Å². The number of benzene rings is 1. The summed E-state index contributed by atoms with van der Waals surface area (Å²) in [5, 5.41) is 16.3. The van der Waals surface area contributed by atoms with Crippen LogP contribution in [0.3, 0.4) is 0 Å². The minimum Gasteiger partial charge on any atom is -0.508 e. The maximum atomic E-state index is 9.70. The molecular weight excluding hydrogens is 284 g/mol. The van der Waals surface area contributed by atoms with Crippen molar-refractivity contribution in [2.45, 2.75) is 0 Å². The SMILES string of the molecule is Oc1cccc(-c2nn3ccsc3c2-c2ccncn2)c1. The monoisotopic (exact) mass is 294 g/mol. The number of aromatic hydroxyl groups is 1. The summed E-state index contributed by atoms with van der Waals surface area (Å²) in [7, 11) is 0. The van der Waals surface area contributed by atoms with Crippen molar-refractivity contribution in [3.8, 4) is 28.3 Å². The highest BCUT2D eigenvalue weighted by Crippen LogP contribution is 2.36. The van der Waals surface area contributed by atoms with E-state index in [-0.39, 0.29) is 5.75 Å². The summed E-state index contributed by atoms with van der Waals surface area (Å²) in [5.41, 5.74) is 3.44. The molecule has 0 fully saturated rings. The molecule has 0 unspecified atom stereocenters. The summed E-state index contributed by atoms with van der Waals surface area (Å²) >= 11 is 1.61. The van der Waals surface area contributed by atoms with Gasteiger partial charge in [-0.25, -0.2) is 14.5 Å². The standard InChI is InChI=1S/C15H10N4OS/c20-11-3-1-2-10(8-11)14-13(12-4-5-16-9-17-12)15-19(18-14)6-7-21-15/h1-9,20H. The molecule has 0 aliphatic carbocycles. The maximum Gasteiger partial charge on any atom is 0.129 e. The first kappa shape index (κ1) is 12.0. The van der Waals surface area contributed by atoms with Gasteiger partial charge < -0.3 is 5.11 Å². The van der Waals surface area contributed by atoms with Crippen LogP contribution in [0.2, 0.25) is 0 Å². The molecule has 0 atom stereocenters. The Kier molecular flexibility index (Phi) is 2.68.